The summed E-state index contributed by atoms with van der Waals surface area (Å²) in [5.74, 6) is 0.206. The lowest BCUT2D eigenvalue weighted by Crippen LogP contribution is -2.15. The van der Waals surface area contributed by atoms with Crippen molar-refractivity contribution in [2.45, 2.75) is 13.3 Å². The number of anilines is 3. The number of nitrogens with one attached hydrogen (secondary N) is 1. The van der Waals surface area contributed by atoms with Gasteiger partial charge in [-0.25, -0.2) is 4.98 Å². The molecule has 0 radical (unpaired) electrons. The van der Waals surface area contributed by atoms with E-state index in [0.29, 0.717) is 26.6 Å². The van der Waals surface area contributed by atoms with Crippen molar-refractivity contribution in [2.75, 3.05) is 16.8 Å². The Morgan fingerprint density at radius 2 is 1.88 bits per heavy atom. The van der Waals surface area contributed by atoms with E-state index in [2.05, 4.69) is 15.3 Å². The average molecular weight is 376 g/mol. The molecule has 25 heavy (non-hydrogen) atoms. The van der Waals surface area contributed by atoms with Gasteiger partial charge in [-0.15, -0.1) is 0 Å². The summed E-state index contributed by atoms with van der Waals surface area (Å²) in [7, 11) is 0. The molecule has 6 nitrogen and oxygen atoms in total. The highest BCUT2D eigenvalue weighted by Crippen LogP contribution is 2.29. The standard InChI is InChI=1S/C17H15Cl2N5O/c1-8-12(4-5-13-15(8)16(20)24-17(21)23-13)22-14(25)7-9-2-3-10(18)11(19)6-9/h2-6H,7H2,1H3,(H,22,25)(H4,20,21,23,24). The van der Waals surface area contributed by atoms with Crippen molar-refractivity contribution in [3.63, 3.8) is 0 Å². The van der Waals surface area contributed by atoms with Gasteiger partial charge in [0.25, 0.3) is 0 Å². The topological polar surface area (TPSA) is 107 Å². The van der Waals surface area contributed by atoms with Crippen LogP contribution in [0.1, 0.15) is 11.1 Å². The Kier molecular flexibility index (Phi) is 4.65. The minimum Gasteiger partial charge on any atom is -0.383 e. The number of fused-ring (bicyclic) bond motifs is 1. The smallest absolute Gasteiger partial charge is 0.228 e. The van der Waals surface area contributed by atoms with E-state index in [-0.39, 0.29) is 24.1 Å². The number of halogens is 2. The molecule has 0 fully saturated rings. The fourth-order valence-electron chi connectivity index (χ4n) is 2.61. The first kappa shape index (κ1) is 17.3. The molecule has 8 heteroatoms. The molecular weight excluding hydrogens is 361 g/mol. The lowest BCUT2D eigenvalue weighted by atomic mass is 10.1. The van der Waals surface area contributed by atoms with Crippen LogP contribution in [0.4, 0.5) is 17.5 Å². The number of amides is 1. The van der Waals surface area contributed by atoms with Crippen LogP contribution < -0.4 is 16.8 Å². The van der Waals surface area contributed by atoms with Crippen LogP contribution >= 0.6 is 23.2 Å². The van der Waals surface area contributed by atoms with E-state index in [9.17, 15) is 4.79 Å². The van der Waals surface area contributed by atoms with E-state index in [1.807, 2.05) is 6.92 Å². The Morgan fingerprint density at radius 3 is 2.60 bits per heavy atom. The highest BCUT2D eigenvalue weighted by atomic mass is 35.5. The SMILES string of the molecule is Cc1c(NC(=O)Cc2ccc(Cl)c(Cl)c2)ccc2nc(N)nc(N)c12. The summed E-state index contributed by atoms with van der Waals surface area (Å²) in [4.78, 5) is 20.5. The predicted octanol–water partition coefficient (Wildman–Crippen LogP) is 3.59. The highest BCUT2D eigenvalue weighted by molar-refractivity contribution is 6.42. The number of nitrogens with zero attached hydrogens (tertiary/aromatic N) is 2. The zero-order valence-corrected chi connectivity index (χ0v) is 14.8. The number of rotatable bonds is 3. The molecule has 3 rings (SSSR count). The first-order valence-corrected chi connectivity index (χ1v) is 8.17. The zero-order chi connectivity index (χ0) is 18.1. The Balaban J connectivity index is 1.86. The predicted molar refractivity (Wildman–Crippen MR) is 102 cm³/mol. The zero-order valence-electron chi connectivity index (χ0n) is 13.3. The molecule has 1 aromatic heterocycles. The van der Waals surface area contributed by atoms with E-state index in [1.165, 1.54) is 0 Å². The molecule has 0 aliphatic rings. The molecule has 0 aliphatic carbocycles. The summed E-state index contributed by atoms with van der Waals surface area (Å²) in [5.41, 5.74) is 14.4. The number of carbonyl (C=O) groups is 1. The van der Waals surface area contributed by atoms with Crippen molar-refractivity contribution < 1.29 is 4.79 Å². The molecule has 0 atom stereocenters. The van der Waals surface area contributed by atoms with Crippen LogP contribution in [0.5, 0.6) is 0 Å². The largest absolute Gasteiger partial charge is 0.383 e. The van der Waals surface area contributed by atoms with Gasteiger partial charge in [0.1, 0.15) is 5.82 Å². The molecule has 0 aliphatic heterocycles. The molecule has 0 spiro atoms. The van der Waals surface area contributed by atoms with Gasteiger partial charge >= 0.3 is 0 Å². The maximum atomic E-state index is 12.3. The van der Waals surface area contributed by atoms with Crippen LogP contribution in [-0.4, -0.2) is 15.9 Å². The van der Waals surface area contributed by atoms with Crippen molar-refractivity contribution >= 4 is 57.5 Å². The Labute approximate surface area is 154 Å². The fraction of sp³-hybridized carbons (Fsp3) is 0.118. The molecule has 5 N–H and O–H groups in total. The number of nitrogens with two attached hydrogens (primary N) is 2. The Morgan fingerprint density at radius 1 is 1.12 bits per heavy atom. The van der Waals surface area contributed by atoms with Crippen LogP contribution in [0.25, 0.3) is 10.9 Å². The van der Waals surface area contributed by atoms with Gasteiger partial charge in [0.15, 0.2) is 0 Å². The van der Waals surface area contributed by atoms with Crippen LogP contribution in [0.15, 0.2) is 30.3 Å². The maximum absolute atomic E-state index is 12.3. The number of nitrogen functional groups attached to an aromatic ring is 2. The average Bonchev–Trinajstić information content (AvgIpc) is 2.53. The first-order valence-electron chi connectivity index (χ1n) is 7.41. The second-order valence-corrected chi connectivity index (χ2v) is 6.39. The third-order valence-corrected chi connectivity index (χ3v) is 4.53. The van der Waals surface area contributed by atoms with Crippen molar-refractivity contribution in [3.05, 3.63) is 51.5 Å². The van der Waals surface area contributed by atoms with Gasteiger partial charge in [-0.1, -0.05) is 29.3 Å². The molecule has 128 valence electrons. The third-order valence-electron chi connectivity index (χ3n) is 3.79. The van der Waals surface area contributed by atoms with Gasteiger partial charge in [-0.2, -0.15) is 4.98 Å². The van der Waals surface area contributed by atoms with E-state index in [0.717, 1.165) is 11.1 Å². The maximum Gasteiger partial charge on any atom is 0.228 e. The van der Waals surface area contributed by atoms with Crippen LogP contribution in [-0.2, 0) is 11.2 Å². The van der Waals surface area contributed by atoms with Gasteiger partial charge in [-0.3, -0.25) is 4.79 Å². The monoisotopic (exact) mass is 375 g/mol. The molecule has 1 heterocycles. The van der Waals surface area contributed by atoms with E-state index >= 15 is 0 Å². The molecular formula is C17H15Cl2N5O. The molecule has 0 unspecified atom stereocenters. The van der Waals surface area contributed by atoms with Crippen LogP contribution in [0, 0.1) is 6.92 Å². The second kappa shape index (κ2) is 6.74. The van der Waals surface area contributed by atoms with Gasteiger partial charge in [-0.05, 0) is 42.3 Å². The molecule has 2 aromatic carbocycles. The number of carbonyl (C=O) groups excluding carboxylic acids is 1. The quantitative estimate of drug-likeness (QED) is 0.648. The summed E-state index contributed by atoms with van der Waals surface area (Å²) in [6.07, 6.45) is 0.169. The fourth-order valence-corrected chi connectivity index (χ4v) is 2.93. The lowest BCUT2D eigenvalue weighted by molar-refractivity contribution is -0.115. The number of hydrogen-bond donors (Lipinski definition) is 3. The number of aromatic nitrogens is 2. The third kappa shape index (κ3) is 3.60. The van der Waals surface area contributed by atoms with Gasteiger partial charge in [0.05, 0.1) is 22.0 Å². The van der Waals surface area contributed by atoms with Crippen molar-refractivity contribution in [1.82, 2.24) is 9.97 Å². The van der Waals surface area contributed by atoms with Crippen LogP contribution in [0.3, 0.4) is 0 Å². The first-order chi connectivity index (χ1) is 11.8. The molecule has 0 saturated heterocycles. The van der Waals surface area contributed by atoms with Crippen molar-refractivity contribution in [3.8, 4) is 0 Å². The van der Waals surface area contributed by atoms with E-state index in [4.69, 9.17) is 34.7 Å². The van der Waals surface area contributed by atoms with Crippen molar-refractivity contribution in [1.29, 1.82) is 0 Å². The summed E-state index contributed by atoms with van der Waals surface area (Å²) in [5, 5.41) is 4.40. The molecule has 3 aromatic rings. The normalized spacial score (nSPS) is 10.8. The molecule has 1 amide bonds. The summed E-state index contributed by atoms with van der Waals surface area (Å²) < 4.78 is 0. The summed E-state index contributed by atoms with van der Waals surface area (Å²) >= 11 is 11.9. The molecule has 0 bridgehead atoms. The second-order valence-electron chi connectivity index (χ2n) is 5.57. The Bertz CT molecular complexity index is 990. The van der Waals surface area contributed by atoms with E-state index < -0.39 is 0 Å². The molecule has 0 saturated carbocycles. The number of hydrogen-bond acceptors (Lipinski definition) is 5. The van der Waals surface area contributed by atoms with Gasteiger partial charge in [0.2, 0.25) is 11.9 Å². The minimum absolute atomic E-state index is 0.112. The number of aryl methyl sites for hydroxylation is 1. The number of benzene rings is 2. The van der Waals surface area contributed by atoms with Gasteiger partial charge < -0.3 is 16.8 Å². The van der Waals surface area contributed by atoms with Crippen LogP contribution in [0.2, 0.25) is 10.0 Å². The minimum atomic E-state index is -0.184. The summed E-state index contributed by atoms with van der Waals surface area (Å²) in [6.45, 7) is 1.84. The van der Waals surface area contributed by atoms with E-state index in [1.54, 1.807) is 30.3 Å². The highest BCUT2D eigenvalue weighted by Gasteiger charge is 2.12. The Hall–Kier alpha value is -2.57. The van der Waals surface area contributed by atoms with Gasteiger partial charge in [0, 0.05) is 11.1 Å². The van der Waals surface area contributed by atoms with Crippen molar-refractivity contribution in [2.24, 2.45) is 0 Å². The lowest BCUT2D eigenvalue weighted by Gasteiger charge is -2.12. The summed E-state index contributed by atoms with van der Waals surface area (Å²) in [6, 6.07) is 8.60.